The van der Waals surface area contributed by atoms with E-state index in [1.54, 1.807) is 0 Å². The number of hydrogen-bond acceptors (Lipinski definition) is 2. The highest BCUT2D eigenvalue weighted by molar-refractivity contribution is 5.06. The molecule has 86 valence electrons. The fourth-order valence-electron chi connectivity index (χ4n) is 1.68. The first-order chi connectivity index (χ1) is 7.24. The SMILES string of the molecule is CCCCNCCCn1nc(C)cc1C. The molecule has 0 aliphatic carbocycles. The predicted octanol–water partition coefficient (Wildman–Crippen LogP) is 2.28. The molecule has 0 atom stereocenters. The van der Waals surface area contributed by atoms with Gasteiger partial charge in [-0.15, -0.1) is 0 Å². The second-order valence-corrected chi connectivity index (χ2v) is 4.11. The van der Waals surface area contributed by atoms with Gasteiger partial charge < -0.3 is 5.32 Å². The highest BCUT2D eigenvalue weighted by atomic mass is 15.3. The molecular formula is C12H23N3. The molecule has 0 amide bonds. The molecule has 1 N–H and O–H groups in total. The Balaban J connectivity index is 2.12. The van der Waals surface area contributed by atoms with Crippen LogP contribution >= 0.6 is 0 Å². The quantitative estimate of drug-likeness (QED) is 0.698. The second kappa shape index (κ2) is 6.62. The predicted molar refractivity (Wildman–Crippen MR) is 64.1 cm³/mol. The molecule has 0 radical (unpaired) electrons. The van der Waals surface area contributed by atoms with Crippen LogP contribution in [0.2, 0.25) is 0 Å². The minimum Gasteiger partial charge on any atom is -0.317 e. The van der Waals surface area contributed by atoms with Gasteiger partial charge in [-0.05, 0) is 45.8 Å². The highest BCUT2D eigenvalue weighted by Crippen LogP contribution is 2.02. The highest BCUT2D eigenvalue weighted by Gasteiger charge is 1.99. The van der Waals surface area contributed by atoms with Crippen molar-refractivity contribution in [2.24, 2.45) is 0 Å². The Morgan fingerprint density at radius 3 is 2.60 bits per heavy atom. The molecule has 0 aliphatic rings. The zero-order valence-corrected chi connectivity index (χ0v) is 10.2. The fourth-order valence-corrected chi connectivity index (χ4v) is 1.68. The minimum absolute atomic E-state index is 1.03. The van der Waals surface area contributed by atoms with Crippen molar-refractivity contribution in [2.45, 2.75) is 46.6 Å². The Morgan fingerprint density at radius 2 is 2.00 bits per heavy atom. The van der Waals surface area contributed by atoms with Gasteiger partial charge in [-0.3, -0.25) is 4.68 Å². The average Bonchev–Trinajstić information content (AvgIpc) is 2.51. The third kappa shape index (κ3) is 4.47. The zero-order chi connectivity index (χ0) is 11.1. The second-order valence-electron chi connectivity index (χ2n) is 4.11. The molecular weight excluding hydrogens is 186 g/mol. The number of aryl methyl sites for hydroxylation is 3. The van der Waals surface area contributed by atoms with Gasteiger partial charge >= 0.3 is 0 Å². The lowest BCUT2D eigenvalue weighted by Crippen LogP contribution is -2.18. The fraction of sp³-hybridized carbons (Fsp3) is 0.750. The van der Waals surface area contributed by atoms with E-state index in [9.17, 15) is 0 Å². The van der Waals surface area contributed by atoms with Crippen LogP contribution in [0.5, 0.6) is 0 Å². The summed E-state index contributed by atoms with van der Waals surface area (Å²) in [6, 6.07) is 2.13. The van der Waals surface area contributed by atoms with Crippen molar-refractivity contribution in [3.8, 4) is 0 Å². The summed E-state index contributed by atoms with van der Waals surface area (Å²) in [4.78, 5) is 0. The standard InChI is InChI=1S/C12H23N3/c1-4-5-7-13-8-6-9-15-12(3)10-11(2)14-15/h10,13H,4-9H2,1-3H3. The first kappa shape index (κ1) is 12.2. The van der Waals surface area contributed by atoms with Gasteiger partial charge in [0.25, 0.3) is 0 Å². The minimum atomic E-state index is 1.03. The largest absolute Gasteiger partial charge is 0.317 e. The van der Waals surface area contributed by atoms with Gasteiger partial charge in [-0.2, -0.15) is 5.10 Å². The normalized spacial score (nSPS) is 10.9. The number of unbranched alkanes of at least 4 members (excludes halogenated alkanes) is 1. The maximum Gasteiger partial charge on any atom is 0.0596 e. The third-order valence-electron chi connectivity index (χ3n) is 2.53. The first-order valence-corrected chi connectivity index (χ1v) is 5.96. The Kier molecular flexibility index (Phi) is 5.40. The van der Waals surface area contributed by atoms with Crippen molar-refractivity contribution in [1.29, 1.82) is 0 Å². The number of aromatic nitrogens is 2. The smallest absolute Gasteiger partial charge is 0.0596 e. The van der Waals surface area contributed by atoms with Crippen LogP contribution in [0, 0.1) is 13.8 Å². The number of nitrogens with zero attached hydrogens (tertiary/aromatic N) is 2. The Bertz CT molecular complexity index is 278. The Labute approximate surface area is 92.9 Å². The van der Waals surface area contributed by atoms with Gasteiger partial charge in [0.2, 0.25) is 0 Å². The molecule has 1 aromatic rings. The van der Waals surface area contributed by atoms with E-state index in [0.717, 1.165) is 31.7 Å². The van der Waals surface area contributed by atoms with Crippen molar-refractivity contribution < 1.29 is 0 Å². The molecule has 0 fully saturated rings. The molecule has 0 unspecified atom stereocenters. The maximum absolute atomic E-state index is 4.43. The van der Waals surface area contributed by atoms with Gasteiger partial charge in [0.1, 0.15) is 0 Å². The van der Waals surface area contributed by atoms with Crippen LogP contribution in [0.3, 0.4) is 0 Å². The van der Waals surface area contributed by atoms with E-state index < -0.39 is 0 Å². The zero-order valence-electron chi connectivity index (χ0n) is 10.2. The lowest BCUT2D eigenvalue weighted by Gasteiger charge is -2.05. The van der Waals surface area contributed by atoms with Crippen LogP contribution in [-0.2, 0) is 6.54 Å². The van der Waals surface area contributed by atoms with E-state index in [4.69, 9.17) is 0 Å². The van der Waals surface area contributed by atoms with E-state index in [1.807, 2.05) is 6.92 Å². The van der Waals surface area contributed by atoms with E-state index in [1.165, 1.54) is 18.5 Å². The maximum atomic E-state index is 4.43. The lowest BCUT2D eigenvalue weighted by molar-refractivity contribution is 0.527. The van der Waals surface area contributed by atoms with Crippen LogP contribution in [-0.4, -0.2) is 22.9 Å². The summed E-state index contributed by atoms with van der Waals surface area (Å²) in [5.74, 6) is 0. The van der Waals surface area contributed by atoms with Gasteiger partial charge in [-0.25, -0.2) is 0 Å². The van der Waals surface area contributed by atoms with Gasteiger partial charge in [0, 0.05) is 12.2 Å². The Hall–Kier alpha value is -0.830. The molecule has 15 heavy (non-hydrogen) atoms. The van der Waals surface area contributed by atoms with E-state index in [-0.39, 0.29) is 0 Å². The summed E-state index contributed by atoms with van der Waals surface area (Å²) in [5, 5.41) is 7.87. The Morgan fingerprint density at radius 1 is 1.27 bits per heavy atom. The van der Waals surface area contributed by atoms with Crippen LogP contribution in [0.15, 0.2) is 6.07 Å². The van der Waals surface area contributed by atoms with Crippen molar-refractivity contribution in [1.82, 2.24) is 15.1 Å². The van der Waals surface area contributed by atoms with E-state index >= 15 is 0 Å². The lowest BCUT2D eigenvalue weighted by atomic mass is 10.3. The molecule has 0 aromatic carbocycles. The molecule has 1 rings (SSSR count). The molecule has 3 heteroatoms. The molecule has 1 aromatic heterocycles. The molecule has 0 saturated carbocycles. The molecule has 0 saturated heterocycles. The van der Waals surface area contributed by atoms with Crippen LogP contribution < -0.4 is 5.32 Å². The summed E-state index contributed by atoms with van der Waals surface area (Å²) in [5.41, 5.74) is 2.38. The van der Waals surface area contributed by atoms with Crippen molar-refractivity contribution in [2.75, 3.05) is 13.1 Å². The van der Waals surface area contributed by atoms with Crippen LogP contribution in [0.4, 0.5) is 0 Å². The molecule has 1 heterocycles. The van der Waals surface area contributed by atoms with Gasteiger partial charge in [0.05, 0.1) is 5.69 Å². The summed E-state index contributed by atoms with van der Waals surface area (Å²) in [7, 11) is 0. The third-order valence-corrected chi connectivity index (χ3v) is 2.53. The van der Waals surface area contributed by atoms with Crippen LogP contribution in [0.1, 0.15) is 37.6 Å². The molecule has 3 nitrogen and oxygen atoms in total. The van der Waals surface area contributed by atoms with Crippen molar-refractivity contribution >= 4 is 0 Å². The van der Waals surface area contributed by atoms with E-state index in [2.05, 4.69) is 35.0 Å². The molecule has 0 spiro atoms. The van der Waals surface area contributed by atoms with E-state index in [0.29, 0.717) is 0 Å². The van der Waals surface area contributed by atoms with Gasteiger partial charge in [0.15, 0.2) is 0 Å². The average molecular weight is 209 g/mol. The first-order valence-electron chi connectivity index (χ1n) is 5.96. The topological polar surface area (TPSA) is 29.9 Å². The number of nitrogens with one attached hydrogen (secondary N) is 1. The van der Waals surface area contributed by atoms with Gasteiger partial charge in [-0.1, -0.05) is 13.3 Å². The van der Waals surface area contributed by atoms with Crippen molar-refractivity contribution in [3.63, 3.8) is 0 Å². The molecule has 0 bridgehead atoms. The summed E-state index contributed by atoms with van der Waals surface area (Å²) in [6.07, 6.45) is 3.70. The van der Waals surface area contributed by atoms with Crippen LogP contribution in [0.25, 0.3) is 0 Å². The summed E-state index contributed by atoms with van der Waals surface area (Å²) >= 11 is 0. The number of hydrogen-bond donors (Lipinski definition) is 1. The summed E-state index contributed by atoms with van der Waals surface area (Å²) in [6.45, 7) is 9.65. The van der Waals surface area contributed by atoms with Crippen molar-refractivity contribution in [3.05, 3.63) is 17.5 Å². The monoisotopic (exact) mass is 209 g/mol. The number of rotatable bonds is 7. The summed E-state index contributed by atoms with van der Waals surface area (Å²) < 4.78 is 2.09. The molecule has 0 aliphatic heterocycles.